The molecule has 0 spiro atoms. The van der Waals surface area contributed by atoms with Crippen molar-refractivity contribution < 1.29 is 9.59 Å². The molecule has 0 aliphatic carbocycles. The topological polar surface area (TPSA) is 53.5 Å². The second-order valence-electron chi connectivity index (χ2n) is 8.64. The van der Waals surface area contributed by atoms with Crippen molar-refractivity contribution in [3.63, 3.8) is 0 Å². The molecule has 0 radical (unpaired) electrons. The van der Waals surface area contributed by atoms with Crippen LogP contribution in [0.1, 0.15) is 51.1 Å². The predicted molar refractivity (Wildman–Crippen MR) is 133 cm³/mol. The summed E-state index contributed by atoms with van der Waals surface area (Å²) in [7, 11) is 0. The highest BCUT2D eigenvalue weighted by Crippen LogP contribution is 2.27. The molecule has 1 saturated heterocycles. The summed E-state index contributed by atoms with van der Waals surface area (Å²) in [4.78, 5) is 32.7. The number of amides is 2. The van der Waals surface area contributed by atoms with Gasteiger partial charge in [0.15, 0.2) is 0 Å². The number of hydrazine groups is 1. The van der Waals surface area contributed by atoms with E-state index in [2.05, 4.69) is 4.98 Å². The zero-order valence-corrected chi connectivity index (χ0v) is 19.1. The number of para-hydroxylation sites is 1. The minimum Gasteiger partial charge on any atom is -0.267 e. The number of hydrogen-bond donors (Lipinski definition) is 0. The molecule has 34 heavy (non-hydrogen) atoms. The molecule has 0 saturated carbocycles. The number of carbonyl (C=O) groups excluding carboxylic acids is 2. The number of pyridine rings is 1. The average molecular weight is 450 g/mol. The maximum Gasteiger partial charge on any atom is 0.276 e. The van der Waals surface area contributed by atoms with Crippen LogP contribution in [0.5, 0.6) is 0 Å². The molecule has 1 fully saturated rings. The van der Waals surface area contributed by atoms with Gasteiger partial charge >= 0.3 is 0 Å². The highest BCUT2D eigenvalue weighted by molar-refractivity contribution is 6.15. The Balaban J connectivity index is 1.64. The fourth-order valence-electron chi connectivity index (χ4n) is 4.62. The molecule has 1 aliphatic heterocycles. The van der Waals surface area contributed by atoms with Crippen LogP contribution in [-0.4, -0.2) is 39.9 Å². The van der Waals surface area contributed by atoms with E-state index in [4.69, 9.17) is 0 Å². The number of piperidine rings is 1. The largest absolute Gasteiger partial charge is 0.276 e. The Morgan fingerprint density at radius 1 is 0.765 bits per heavy atom. The molecule has 0 atom stereocenters. The molecule has 170 valence electrons. The van der Waals surface area contributed by atoms with Crippen LogP contribution in [-0.2, 0) is 6.42 Å². The summed E-state index contributed by atoms with van der Waals surface area (Å²) in [6.07, 6.45) is 5.37. The molecule has 0 N–H and O–H groups in total. The van der Waals surface area contributed by atoms with E-state index < -0.39 is 0 Å². The highest BCUT2D eigenvalue weighted by Gasteiger charge is 2.33. The molecule has 1 aliphatic rings. The van der Waals surface area contributed by atoms with Gasteiger partial charge in [-0.3, -0.25) is 14.6 Å². The van der Waals surface area contributed by atoms with Crippen LogP contribution in [0, 0.1) is 0 Å². The summed E-state index contributed by atoms with van der Waals surface area (Å²) in [6, 6.07) is 26.8. The number of benzene rings is 3. The lowest BCUT2D eigenvalue weighted by Crippen LogP contribution is -2.52. The number of hydrogen-bond acceptors (Lipinski definition) is 4. The monoisotopic (exact) mass is 449 g/mol. The van der Waals surface area contributed by atoms with E-state index in [0.717, 1.165) is 41.3 Å². The van der Waals surface area contributed by atoms with Gasteiger partial charge in [0.2, 0.25) is 0 Å². The molecule has 5 heteroatoms. The first-order chi connectivity index (χ1) is 16.7. The predicted octanol–water partition coefficient (Wildman–Crippen LogP) is 5.51. The van der Waals surface area contributed by atoms with E-state index in [-0.39, 0.29) is 11.8 Å². The number of imide groups is 1. The fraction of sp³-hybridized carbons (Fsp3) is 0.207. The number of fused-ring (bicyclic) bond motifs is 1. The Labute approximate surface area is 199 Å². The van der Waals surface area contributed by atoms with Gasteiger partial charge < -0.3 is 0 Å². The van der Waals surface area contributed by atoms with Gasteiger partial charge in [-0.15, -0.1) is 0 Å². The standard InChI is InChI=1S/C29H27N3O2/c33-28(23-14-6-2-7-15-23)32(31-18-10-3-11-19-31)29(34)27-24(20-22-12-4-1-5-13-22)21-30-26-17-9-8-16-25(26)27/h1-2,4-9,12-17,21H,3,10-11,18-20H2. The Kier molecular flexibility index (Phi) is 6.45. The Morgan fingerprint density at radius 2 is 1.41 bits per heavy atom. The second-order valence-corrected chi connectivity index (χ2v) is 8.64. The summed E-state index contributed by atoms with van der Waals surface area (Å²) < 4.78 is 0. The van der Waals surface area contributed by atoms with Crippen molar-refractivity contribution in [3.05, 3.63) is 113 Å². The van der Waals surface area contributed by atoms with E-state index >= 15 is 0 Å². The zero-order chi connectivity index (χ0) is 23.3. The van der Waals surface area contributed by atoms with Crippen LogP contribution in [0.3, 0.4) is 0 Å². The van der Waals surface area contributed by atoms with Gasteiger partial charge in [0.25, 0.3) is 11.8 Å². The molecule has 2 heterocycles. The van der Waals surface area contributed by atoms with Crippen molar-refractivity contribution in [2.45, 2.75) is 25.7 Å². The minimum atomic E-state index is -0.293. The maximum atomic E-state index is 14.3. The summed E-state index contributed by atoms with van der Waals surface area (Å²) in [6.45, 7) is 1.36. The first-order valence-electron chi connectivity index (χ1n) is 11.8. The van der Waals surface area contributed by atoms with Gasteiger partial charge in [0.1, 0.15) is 0 Å². The van der Waals surface area contributed by atoms with Gasteiger partial charge in [-0.1, -0.05) is 73.2 Å². The average Bonchev–Trinajstić information content (AvgIpc) is 2.90. The van der Waals surface area contributed by atoms with Crippen molar-refractivity contribution in [3.8, 4) is 0 Å². The minimum absolute atomic E-state index is 0.291. The Morgan fingerprint density at radius 3 is 2.15 bits per heavy atom. The third-order valence-electron chi connectivity index (χ3n) is 6.33. The summed E-state index contributed by atoms with van der Waals surface area (Å²) in [5, 5.41) is 4.07. The fourth-order valence-corrected chi connectivity index (χ4v) is 4.62. The van der Waals surface area contributed by atoms with Crippen LogP contribution in [0.2, 0.25) is 0 Å². The van der Waals surface area contributed by atoms with E-state index in [1.807, 2.05) is 77.8 Å². The molecule has 0 bridgehead atoms. The second kappa shape index (κ2) is 9.98. The van der Waals surface area contributed by atoms with E-state index in [9.17, 15) is 9.59 Å². The lowest BCUT2D eigenvalue weighted by molar-refractivity contribution is -0.0108. The molecule has 5 nitrogen and oxygen atoms in total. The highest BCUT2D eigenvalue weighted by atomic mass is 16.2. The third kappa shape index (κ3) is 4.47. The van der Waals surface area contributed by atoms with Crippen molar-refractivity contribution in [1.29, 1.82) is 0 Å². The van der Waals surface area contributed by atoms with Crippen molar-refractivity contribution >= 4 is 22.7 Å². The first-order valence-corrected chi connectivity index (χ1v) is 11.8. The summed E-state index contributed by atoms with van der Waals surface area (Å²) in [5.74, 6) is -0.584. The number of carbonyl (C=O) groups is 2. The first kappa shape index (κ1) is 22.0. The Hall–Kier alpha value is -3.83. The van der Waals surface area contributed by atoms with Crippen LogP contribution in [0.25, 0.3) is 10.9 Å². The molecule has 0 unspecified atom stereocenters. The molecule has 4 aromatic rings. The lowest BCUT2D eigenvalue weighted by atomic mass is 9.97. The zero-order valence-electron chi connectivity index (χ0n) is 19.1. The van der Waals surface area contributed by atoms with Crippen molar-refractivity contribution in [1.82, 2.24) is 15.0 Å². The van der Waals surface area contributed by atoms with Gasteiger partial charge in [0, 0.05) is 30.2 Å². The van der Waals surface area contributed by atoms with Gasteiger partial charge in [-0.2, -0.15) is 0 Å². The number of nitrogens with zero attached hydrogens (tertiary/aromatic N) is 3. The quantitative estimate of drug-likeness (QED) is 0.377. The molecule has 2 amide bonds. The van der Waals surface area contributed by atoms with E-state index in [0.29, 0.717) is 30.6 Å². The normalized spacial score (nSPS) is 14.1. The number of rotatable bonds is 5. The molecular formula is C29H27N3O2. The summed E-state index contributed by atoms with van der Waals surface area (Å²) in [5.41, 5.74) is 3.70. The van der Waals surface area contributed by atoms with Gasteiger partial charge in [0.05, 0.1) is 11.1 Å². The maximum absolute atomic E-state index is 14.3. The smallest absolute Gasteiger partial charge is 0.267 e. The van der Waals surface area contributed by atoms with E-state index in [1.54, 1.807) is 18.3 Å². The number of aromatic nitrogens is 1. The Bertz CT molecular complexity index is 1300. The SMILES string of the molecule is O=C(c1ccccc1)N(C(=O)c1c(Cc2ccccc2)cnc2ccccc12)N1CCCCC1. The third-order valence-corrected chi connectivity index (χ3v) is 6.33. The molecular weight excluding hydrogens is 422 g/mol. The van der Waals surface area contributed by atoms with Crippen LogP contribution >= 0.6 is 0 Å². The van der Waals surface area contributed by atoms with Crippen LogP contribution in [0.15, 0.2) is 91.1 Å². The molecule has 3 aromatic carbocycles. The van der Waals surface area contributed by atoms with Crippen molar-refractivity contribution in [2.75, 3.05) is 13.1 Å². The van der Waals surface area contributed by atoms with Gasteiger partial charge in [-0.25, -0.2) is 10.0 Å². The molecule has 1 aromatic heterocycles. The van der Waals surface area contributed by atoms with Crippen LogP contribution < -0.4 is 0 Å². The van der Waals surface area contributed by atoms with E-state index in [1.165, 1.54) is 5.01 Å². The molecule has 5 rings (SSSR count). The lowest BCUT2D eigenvalue weighted by Gasteiger charge is -2.36. The van der Waals surface area contributed by atoms with Crippen LogP contribution in [0.4, 0.5) is 0 Å². The summed E-state index contributed by atoms with van der Waals surface area (Å²) >= 11 is 0. The van der Waals surface area contributed by atoms with Crippen molar-refractivity contribution in [2.24, 2.45) is 0 Å². The van der Waals surface area contributed by atoms with Gasteiger partial charge in [-0.05, 0) is 48.6 Å².